The lowest BCUT2D eigenvalue weighted by Crippen LogP contribution is -2.52. The summed E-state index contributed by atoms with van der Waals surface area (Å²) in [6, 6.07) is 0. The topological polar surface area (TPSA) is 6.48 Å². The predicted octanol–water partition coefficient (Wildman–Crippen LogP) is 2.56. The third-order valence-electron chi connectivity index (χ3n) is 4.56. The van der Waals surface area contributed by atoms with Gasteiger partial charge in [0.1, 0.15) is 0 Å². The zero-order chi connectivity index (χ0) is 12.5. The van der Waals surface area contributed by atoms with Crippen molar-refractivity contribution in [1.29, 1.82) is 0 Å². The van der Waals surface area contributed by atoms with Gasteiger partial charge in [0.2, 0.25) is 0 Å². The van der Waals surface area contributed by atoms with Crippen LogP contribution in [0.5, 0.6) is 0 Å². The molecule has 3 heteroatoms. The Morgan fingerprint density at radius 3 is 2.12 bits per heavy atom. The minimum atomic E-state index is 0.505. The van der Waals surface area contributed by atoms with Crippen molar-refractivity contribution < 1.29 is 0 Å². The van der Waals surface area contributed by atoms with Crippen molar-refractivity contribution in [3.05, 3.63) is 0 Å². The monoisotopic (exact) mass is 256 g/mol. The van der Waals surface area contributed by atoms with Crippen LogP contribution in [0, 0.1) is 17.3 Å². The summed E-state index contributed by atoms with van der Waals surface area (Å²) in [6.45, 7) is 13.7. The Hall–Kier alpha value is 0.270. The molecule has 0 aromatic heterocycles. The molecule has 2 fully saturated rings. The molecular weight excluding hydrogens is 228 g/mol. The quantitative estimate of drug-likeness (QED) is 0.775. The van der Waals surface area contributed by atoms with Gasteiger partial charge in [-0.05, 0) is 43.2 Å². The highest BCUT2D eigenvalue weighted by Gasteiger charge is 2.32. The van der Waals surface area contributed by atoms with Crippen LogP contribution in [0.1, 0.15) is 33.6 Å². The van der Waals surface area contributed by atoms with E-state index in [-0.39, 0.29) is 0 Å². The van der Waals surface area contributed by atoms with Gasteiger partial charge in [-0.1, -0.05) is 20.8 Å². The molecule has 2 heterocycles. The second kappa shape index (κ2) is 5.50. The molecule has 0 bridgehead atoms. The van der Waals surface area contributed by atoms with E-state index in [2.05, 4.69) is 43.2 Å². The first-order valence-corrected chi connectivity index (χ1v) is 7.68. The van der Waals surface area contributed by atoms with E-state index in [1.165, 1.54) is 45.6 Å². The molecule has 2 nitrogen and oxygen atoms in total. The van der Waals surface area contributed by atoms with Crippen LogP contribution < -0.4 is 0 Å². The molecule has 2 aliphatic rings. The highest BCUT2D eigenvalue weighted by atomic mass is 32.1. The smallest absolute Gasteiger partial charge is 0.0414 e. The van der Waals surface area contributed by atoms with Crippen molar-refractivity contribution >= 4 is 12.6 Å². The van der Waals surface area contributed by atoms with Crippen molar-refractivity contribution in [1.82, 2.24) is 9.80 Å². The standard InChI is InChI=1S/C14H28N2S/c1-14(2,3)13-4-6-15(7-5-13)8-12-9-16(10-12)11-17/h12-13,17H,4-11H2,1-3H3. The van der Waals surface area contributed by atoms with Gasteiger partial charge in [0.05, 0.1) is 0 Å². The lowest BCUT2D eigenvalue weighted by atomic mass is 9.75. The van der Waals surface area contributed by atoms with Gasteiger partial charge in [-0.2, -0.15) is 12.6 Å². The van der Waals surface area contributed by atoms with E-state index in [0.29, 0.717) is 5.41 Å². The maximum atomic E-state index is 4.31. The van der Waals surface area contributed by atoms with Gasteiger partial charge in [0.15, 0.2) is 0 Å². The van der Waals surface area contributed by atoms with E-state index in [4.69, 9.17) is 0 Å². The summed E-state index contributed by atoms with van der Waals surface area (Å²) in [6.07, 6.45) is 2.79. The van der Waals surface area contributed by atoms with Crippen LogP contribution in [-0.2, 0) is 0 Å². The van der Waals surface area contributed by atoms with Crippen molar-refractivity contribution in [3.63, 3.8) is 0 Å². The summed E-state index contributed by atoms with van der Waals surface area (Å²) in [7, 11) is 0. The average Bonchev–Trinajstić information content (AvgIpc) is 2.22. The summed E-state index contributed by atoms with van der Waals surface area (Å²) >= 11 is 4.31. The molecule has 2 rings (SSSR count). The van der Waals surface area contributed by atoms with Gasteiger partial charge >= 0.3 is 0 Å². The van der Waals surface area contributed by atoms with Gasteiger partial charge in [0, 0.05) is 25.5 Å². The fourth-order valence-electron chi connectivity index (χ4n) is 3.25. The first-order chi connectivity index (χ1) is 7.99. The second-order valence-corrected chi connectivity index (χ2v) is 7.27. The normalized spacial score (nSPS) is 26.1. The summed E-state index contributed by atoms with van der Waals surface area (Å²) in [5.41, 5.74) is 0.505. The fraction of sp³-hybridized carbons (Fsp3) is 1.00. The summed E-state index contributed by atoms with van der Waals surface area (Å²) < 4.78 is 0. The lowest BCUT2D eigenvalue weighted by molar-refractivity contribution is 0.0537. The number of likely N-dealkylation sites (tertiary alicyclic amines) is 2. The van der Waals surface area contributed by atoms with Crippen LogP contribution >= 0.6 is 12.6 Å². The van der Waals surface area contributed by atoms with Crippen LogP contribution in [0.4, 0.5) is 0 Å². The van der Waals surface area contributed by atoms with E-state index >= 15 is 0 Å². The van der Waals surface area contributed by atoms with Crippen LogP contribution in [0.3, 0.4) is 0 Å². The van der Waals surface area contributed by atoms with E-state index < -0.39 is 0 Å². The number of hydrogen-bond donors (Lipinski definition) is 1. The molecular formula is C14H28N2S. The highest BCUT2D eigenvalue weighted by Crippen LogP contribution is 2.34. The van der Waals surface area contributed by atoms with Crippen LogP contribution in [0.2, 0.25) is 0 Å². The van der Waals surface area contributed by atoms with Crippen LogP contribution in [0.15, 0.2) is 0 Å². The highest BCUT2D eigenvalue weighted by molar-refractivity contribution is 7.80. The van der Waals surface area contributed by atoms with Crippen LogP contribution in [-0.4, -0.2) is 48.4 Å². The second-order valence-electron chi connectivity index (χ2n) is 6.98. The fourth-order valence-corrected chi connectivity index (χ4v) is 3.49. The Kier molecular flexibility index (Phi) is 4.43. The van der Waals surface area contributed by atoms with Gasteiger partial charge in [-0.15, -0.1) is 0 Å². The molecule has 17 heavy (non-hydrogen) atoms. The lowest BCUT2D eigenvalue weighted by Gasteiger charge is -2.44. The van der Waals surface area contributed by atoms with Gasteiger partial charge in [0.25, 0.3) is 0 Å². The first kappa shape index (κ1) is 13.7. The molecule has 2 saturated heterocycles. The number of piperidine rings is 1. The molecule has 0 aromatic carbocycles. The zero-order valence-electron chi connectivity index (χ0n) is 11.7. The Morgan fingerprint density at radius 1 is 1.06 bits per heavy atom. The SMILES string of the molecule is CC(C)(C)C1CCN(CC2CN(CS)C2)CC1. The van der Waals surface area contributed by atoms with Gasteiger partial charge in [-0.25, -0.2) is 0 Å². The molecule has 0 atom stereocenters. The largest absolute Gasteiger partial charge is 0.303 e. The van der Waals surface area contributed by atoms with E-state index in [9.17, 15) is 0 Å². The van der Waals surface area contributed by atoms with Crippen molar-refractivity contribution in [2.45, 2.75) is 33.6 Å². The Morgan fingerprint density at radius 2 is 1.65 bits per heavy atom. The maximum absolute atomic E-state index is 4.31. The molecule has 0 amide bonds. The van der Waals surface area contributed by atoms with E-state index in [1.54, 1.807) is 0 Å². The van der Waals surface area contributed by atoms with Crippen LogP contribution in [0.25, 0.3) is 0 Å². The zero-order valence-corrected chi connectivity index (χ0v) is 12.5. The summed E-state index contributed by atoms with van der Waals surface area (Å²) in [5, 5.41) is 0. The minimum Gasteiger partial charge on any atom is -0.303 e. The third kappa shape index (κ3) is 3.62. The molecule has 0 unspecified atom stereocenters. The molecule has 0 aliphatic carbocycles. The number of hydrogen-bond acceptors (Lipinski definition) is 3. The Bertz CT molecular complexity index is 235. The van der Waals surface area contributed by atoms with Crippen molar-refractivity contribution in [2.75, 3.05) is 38.6 Å². The molecule has 0 radical (unpaired) electrons. The van der Waals surface area contributed by atoms with E-state index in [1.807, 2.05) is 0 Å². The number of rotatable bonds is 3. The van der Waals surface area contributed by atoms with Crippen molar-refractivity contribution in [2.24, 2.45) is 17.3 Å². The molecule has 2 aliphatic heterocycles. The molecule has 0 N–H and O–H groups in total. The van der Waals surface area contributed by atoms with Gasteiger partial charge < -0.3 is 4.90 Å². The Balaban J connectivity index is 1.66. The summed E-state index contributed by atoms with van der Waals surface area (Å²) in [4.78, 5) is 5.10. The molecule has 0 spiro atoms. The van der Waals surface area contributed by atoms with Gasteiger partial charge in [-0.3, -0.25) is 4.90 Å². The summed E-state index contributed by atoms with van der Waals surface area (Å²) in [5.74, 6) is 2.77. The molecule has 100 valence electrons. The maximum Gasteiger partial charge on any atom is 0.0414 e. The first-order valence-electron chi connectivity index (χ1n) is 7.04. The Labute approximate surface area is 112 Å². The third-order valence-corrected chi connectivity index (χ3v) is 4.96. The van der Waals surface area contributed by atoms with Crippen molar-refractivity contribution in [3.8, 4) is 0 Å². The molecule has 0 aromatic rings. The number of thiol groups is 1. The molecule has 0 saturated carbocycles. The predicted molar refractivity (Wildman–Crippen MR) is 77.5 cm³/mol. The average molecular weight is 256 g/mol. The minimum absolute atomic E-state index is 0.505. The number of nitrogens with zero attached hydrogens (tertiary/aromatic N) is 2. The van der Waals surface area contributed by atoms with E-state index in [0.717, 1.165) is 17.7 Å².